The van der Waals surface area contributed by atoms with E-state index in [0.29, 0.717) is 6.42 Å². The number of ether oxygens (including phenoxy) is 2. The van der Waals surface area contributed by atoms with Crippen molar-refractivity contribution in [1.29, 1.82) is 0 Å². The van der Waals surface area contributed by atoms with Crippen LogP contribution in [0.3, 0.4) is 0 Å². The van der Waals surface area contributed by atoms with Crippen LogP contribution in [-0.4, -0.2) is 43.5 Å². The molecule has 0 aliphatic rings. The highest BCUT2D eigenvalue weighted by Gasteiger charge is 2.31. The lowest BCUT2D eigenvalue weighted by atomic mass is 9.94. The number of hydrogen-bond donors (Lipinski definition) is 2. The minimum atomic E-state index is -0.690. The summed E-state index contributed by atoms with van der Waals surface area (Å²) in [5.74, 6) is -0.341. The molecule has 0 spiro atoms. The Labute approximate surface area is 90.5 Å². The molecule has 0 radical (unpaired) electrons. The standard InChI is InChI=1S/C10H21NO4/c1-3-4-10(8-11,15-6-5-12)7-9(13)14-2/h12H,3-8,11H2,1-2H3. The normalized spacial score (nSPS) is 14.7. The first-order valence-electron chi connectivity index (χ1n) is 5.16. The summed E-state index contributed by atoms with van der Waals surface area (Å²) in [6.45, 7) is 2.35. The van der Waals surface area contributed by atoms with Crippen molar-refractivity contribution in [3.8, 4) is 0 Å². The van der Waals surface area contributed by atoms with Crippen molar-refractivity contribution in [2.24, 2.45) is 5.73 Å². The second-order valence-electron chi connectivity index (χ2n) is 3.46. The quantitative estimate of drug-likeness (QED) is 0.564. The van der Waals surface area contributed by atoms with Crippen LogP contribution in [0.1, 0.15) is 26.2 Å². The van der Waals surface area contributed by atoms with Crippen LogP contribution in [0.5, 0.6) is 0 Å². The molecule has 0 rings (SSSR count). The Morgan fingerprint density at radius 2 is 2.20 bits per heavy atom. The Morgan fingerprint density at radius 1 is 1.53 bits per heavy atom. The highest BCUT2D eigenvalue weighted by atomic mass is 16.5. The van der Waals surface area contributed by atoms with E-state index >= 15 is 0 Å². The van der Waals surface area contributed by atoms with E-state index in [-0.39, 0.29) is 32.1 Å². The van der Waals surface area contributed by atoms with Crippen LogP contribution >= 0.6 is 0 Å². The molecule has 5 heteroatoms. The zero-order valence-corrected chi connectivity index (χ0v) is 9.49. The smallest absolute Gasteiger partial charge is 0.308 e. The molecule has 3 N–H and O–H groups in total. The van der Waals surface area contributed by atoms with Gasteiger partial charge in [0.1, 0.15) is 0 Å². The molecule has 1 atom stereocenters. The number of rotatable bonds is 8. The number of carbonyl (C=O) groups is 1. The van der Waals surface area contributed by atoms with E-state index in [9.17, 15) is 4.79 Å². The van der Waals surface area contributed by atoms with Crippen LogP contribution in [0.4, 0.5) is 0 Å². The summed E-state index contributed by atoms with van der Waals surface area (Å²) in [7, 11) is 1.33. The molecule has 0 bridgehead atoms. The van der Waals surface area contributed by atoms with Crippen molar-refractivity contribution >= 4 is 5.97 Å². The molecule has 0 amide bonds. The molecule has 0 fully saturated rings. The fourth-order valence-corrected chi connectivity index (χ4v) is 1.50. The summed E-state index contributed by atoms with van der Waals surface area (Å²) in [5.41, 5.74) is 4.93. The van der Waals surface area contributed by atoms with Crippen molar-refractivity contribution in [2.75, 3.05) is 26.9 Å². The van der Waals surface area contributed by atoms with Crippen molar-refractivity contribution in [3.05, 3.63) is 0 Å². The van der Waals surface area contributed by atoms with E-state index in [1.807, 2.05) is 6.92 Å². The van der Waals surface area contributed by atoms with Gasteiger partial charge in [-0.05, 0) is 6.42 Å². The molecule has 0 aromatic carbocycles. The maximum Gasteiger partial charge on any atom is 0.308 e. The van der Waals surface area contributed by atoms with Gasteiger partial charge in [0.05, 0.1) is 32.3 Å². The van der Waals surface area contributed by atoms with Crippen LogP contribution in [0, 0.1) is 0 Å². The van der Waals surface area contributed by atoms with E-state index < -0.39 is 5.60 Å². The van der Waals surface area contributed by atoms with E-state index in [4.69, 9.17) is 15.6 Å². The second-order valence-corrected chi connectivity index (χ2v) is 3.46. The number of aliphatic hydroxyl groups is 1. The van der Waals surface area contributed by atoms with E-state index in [1.54, 1.807) is 0 Å². The summed E-state index contributed by atoms with van der Waals surface area (Å²) in [6.07, 6.45) is 1.67. The van der Waals surface area contributed by atoms with Gasteiger partial charge < -0.3 is 20.3 Å². The van der Waals surface area contributed by atoms with Crippen molar-refractivity contribution < 1.29 is 19.4 Å². The lowest BCUT2D eigenvalue weighted by Crippen LogP contribution is -2.43. The Morgan fingerprint density at radius 3 is 2.60 bits per heavy atom. The fourth-order valence-electron chi connectivity index (χ4n) is 1.50. The Hall–Kier alpha value is -0.650. The number of carbonyl (C=O) groups excluding carboxylic acids is 1. The van der Waals surface area contributed by atoms with Crippen LogP contribution in [0.15, 0.2) is 0 Å². The van der Waals surface area contributed by atoms with E-state index in [0.717, 1.165) is 6.42 Å². The highest BCUT2D eigenvalue weighted by molar-refractivity contribution is 5.70. The second kappa shape index (κ2) is 7.62. The number of aliphatic hydroxyl groups excluding tert-OH is 1. The van der Waals surface area contributed by atoms with Crippen LogP contribution < -0.4 is 5.73 Å². The topological polar surface area (TPSA) is 81.8 Å². The largest absolute Gasteiger partial charge is 0.469 e. The maximum absolute atomic E-state index is 11.2. The molecule has 0 aliphatic heterocycles. The fraction of sp³-hybridized carbons (Fsp3) is 0.900. The molecule has 90 valence electrons. The lowest BCUT2D eigenvalue weighted by molar-refractivity contribution is -0.150. The van der Waals surface area contributed by atoms with Gasteiger partial charge in [-0.3, -0.25) is 4.79 Å². The first kappa shape index (κ1) is 14.3. The molecular weight excluding hydrogens is 198 g/mol. The SMILES string of the molecule is CCCC(CN)(CC(=O)OC)OCCO. The Kier molecular flexibility index (Phi) is 7.29. The van der Waals surface area contributed by atoms with Gasteiger partial charge >= 0.3 is 5.97 Å². The van der Waals surface area contributed by atoms with Gasteiger partial charge in [0.2, 0.25) is 0 Å². The maximum atomic E-state index is 11.2. The average molecular weight is 219 g/mol. The first-order valence-corrected chi connectivity index (χ1v) is 5.16. The molecule has 0 aromatic heterocycles. The molecule has 15 heavy (non-hydrogen) atoms. The highest BCUT2D eigenvalue weighted by Crippen LogP contribution is 2.22. The summed E-state index contributed by atoms with van der Waals surface area (Å²) < 4.78 is 10.1. The molecule has 0 aliphatic carbocycles. The molecule has 0 heterocycles. The molecule has 0 aromatic rings. The average Bonchev–Trinajstić information content (AvgIpc) is 2.26. The van der Waals surface area contributed by atoms with Gasteiger partial charge in [-0.25, -0.2) is 0 Å². The minimum absolute atomic E-state index is 0.0767. The van der Waals surface area contributed by atoms with E-state index in [1.165, 1.54) is 7.11 Å². The monoisotopic (exact) mass is 219 g/mol. The minimum Gasteiger partial charge on any atom is -0.469 e. The number of nitrogens with two attached hydrogens (primary N) is 1. The summed E-state index contributed by atoms with van der Waals surface area (Å²) >= 11 is 0. The summed E-state index contributed by atoms with van der Waals surface area (Å²) in [6, 6.07) is 0. The third-order valence-electron chi connectivity index (χ3n) is 2.27. The van der Waals surface area contributed by atoms with Crippen molar-refractivity contribution in [2.45, 2.75) is 31.8 Å². The van der Waals surface area contributed by atoms with Gasteiger partial charge in [-0.2, -0.15) is 0 Å². The van der Waals surface area contributed by atoms with Gasteiger partial charge in [-0.15, -0.1) is 0 Å². The zero-order valence-electron chi connectivity index (χ0n) is 9.49. The van der Waals surface area contributed by atoms with Gasteiger partial charge in [0.25, 0.3) is 0 Å². The van der Waals surface area contributed by atoms with Gasteiger partial charge in [-0.1, -0.05) is 13.3 Å². The summed E-state index contributed by atoms with van der Waals surface area (Å²) in [4.78, 5) is 11.2. The zero-order chi connectivity index (χ0) is 11.7. The van der Waals surface area contributed by atoms with Crippen molar-refractivity contribution in [3.63, 3.8) is 0 Å². The predicted molar refractivity (Wildman–Crippen MR) is 56.4 cm³/mol. The van der Waals surface area contributed by atoms with Crippen LogP contribution in [0.2, 0.25) is 0 Å². The molecule has 0 saturated heterocycles. The van der Waals surface area contributed by atoms with Crippen LogP contribution in [0.25, 0.3) is 0 Å². The Balaban J connectivity index is 4.41. The van der Waals surface area contributed by atoms with Crippen molar-refractivity contribution in [1.82, 2.24) is 0 Å². The molecule has 5 nitrogen and oxygen atoms in total. The third kappa shape index (κ3) is 5.11. The molecule has 1 unspecified atom stereocenters. The van der Waals surface area contributed by atoms with Gasteiger partial charge in [0, 0.05) is 6.54 Å². The first-order chi connectivity index (χ1) is 7.14. The van der Waals surface area contributed by atoms with Gasteiger partial charge in [0.15, 0.2) is 0 Å². The predicted octanol–water partition coefficient (Wildman–Crippen LogP) is 0.0560. The number of hydrogen-bond acceptors (Lipinski definition) is 5. The molecule has 0 saturated carbocycles. The Bertz CT molecular complexity index is 186. The van der Waals surface area contributed by atoms with E-state index in [2.05, 4.69) is 4.74 Å². The summed E-state index contributed by atoms with van der Waals surface area (Å²) in [5, 5.41) is 8.70. The lowest BCUT2D eigenvalue weighted by Gasteiger charge is -2.31. The number of esters is 1. The number of methoxy groups -OCH3 is 1. The van der Waals surface area contributed by atoms with Crippen LogP contribution in [-0.2, 0) is 14.3 Å². The molecular formula is C10H21NO4. The third-order valence-corrected chi connectivity index (χ3v) is 2.27.